The lowest BCUT2D eigenvalue weighted by molar-refractivity contribution is 0.243. The summed E-state index contributed by atoms with van der Waals surface area (Å²) in [4.78, 5) is 23.5. The van der Waals surface area contributed by atoms with Crippen molar-refractivity contribution < 1.29 is 4.79 Å². The highest BCUT2D eigenvalue weighted by Gasteiger charge is 2.13. The predicted molar refractivity (Wildman–Crippen MR) is 102 cm³/mol. The molecule has 2 heterocycles. The number of benzene rings is 1. The SMILES string of the molecule is CN(C)Cc1cccc(-c2nccn2C(=O)NCCc2ccccc2)n1. The molecule has 3 rings (SSSR count). The molecule has 0 fully saturated rings. The van der Waals surface area contributed by atoms with Crippen molar-refractivity contribution in [1.82, 2.24) is 24.8 Å². The van der Waals surface area contributed by atoms with Gasteiger partial charge in [0.05, 0.1) is 5.69 Å². The quantitative estimate of drug-likeness (QED) is 0.743. The van der Waals surface area contributed by atoms with Crippen molar-refractivity contribution in [3.63, 3.8) is 0 Å². The van der Waals surface area contributed by atoms with Gasteiger partial charge in [-0.15, -0.1) is 0 Å². The van der Waals surface area contributed by atoms with Gasteiger partial charge in [0.1, 0.15) is 5.69 Å². The van der Waals surface area contributed by atoms with Crippen molar-refractivity contribution in [1.29, 1.82) is 0 Å². The lowest BCUT2D eigenvalue weighted by atomic mass is 10.1. The first-order chi connectivity index (χ1) is 12.6. The minimum absolute atomic E-state index is 0.201. The minimum atomic E-state index is -0.201. The van der Waals surface area contributed by atoms with E-state index in [2.05, 4.69) is 32.3 Å². The minimum Gasteiger partial charge on any atom is -0.337 e. The number of rotatable bonds is 6. The van der Waals surface area contributed by atoms with Crippen molar-refractivity contribution in [3.05, 3.63) is 72.2 Å². The van der Waals surface area contributed by atoms with Crippen LogP contribution in [0.25, 0.3) is 11.5 Å². The molecule has 0 aliphatic rings. The van der Waals surface area contributed by atoms with Crippen molar-refractivity contribution >= 4 is 6.03 Å². The fraction of sp³-hybridized carbons (Fsp3) is 0.250. The van der Waals surface area contributed by atoms with Crippen LogP contribution >= 0.6 is 0 Å². The van der Waals surface area contributed by atoms with Crippen molar-refractivity contribution in [2.24, 2.45) is 0 Å². The Hall–Kier alpha value is -2.99. The van der Waals surface area contributed by atoms with E-state index < -0.39 is 0 Å². The van der Waals surface area contributed by atoms with E-state index in [0.29, 0.717) is 18.1 Å². The van der Waals surface area contributed by atoms with Crippen molar-refractivity contribution in [2.75, 3.05) is 20.6 Å². The lowest BCUT2D eigenvalue weighted by Crippen LogP contribution is -2.30. The fourth-order valence-electron chi connectivity index (χ4n) is 2.72. The van der Waals surface area contributed by atoms with Crippen LogP contribution in [-0.4, -0.2) is 46.1 Å². The first-order valence-electron chi connectivity index (χ1n) is 8.60. The van der Waals surface area contributed by atoms with Crippen LogP contribution in [0.2, 0.25) is 0 Å². The average molecular weight is 349 g/mol. The van der Waals surface area contributed by atoms with Crippen LogP contribution in [0.4, 0.5) is 4.79 Å². The largest absolute Gasteiger partial charge is 0.337 e. The zero-order valence-electron chi connectivity index (χ0n) is 15.1. The number of imidazole rings is 1. The third kappa shape index (κ3) is 4.55. The summed E-state index contributed by atoms with van der Waals surface area (Å²) in [5.74, 6) is 0.544. The van der Waals surface area contributed by atoms with Gasteiger partial charge in [-0.25, -0.2) is 14.8 Å². The Balaban J connectivity index is 1.69. The van der Waals surface area contributed by atoms with Gasteiger partial charge in [0.2, 0.25) is 0 Å². The van der Waals surface area contributed by atoms with E-state index in [-0.39, 0.29) is 6.03 Å². The van der Waals surface area contributed by atoms with Crippen LogP contribution in [0.5, 0.6) is 0 Å². The number of carbonyl (C=O) groups is 1. The first-order valence-corrected chi connectivity index (χ1v) is 8.60. The number of amides is 1. The molecule has 0 spiro atoms. The average Bonchev–Trinajstić information content (AvgIpc) is 3.12. The number of aromatic nitrogens is 3. The Morgan fingerprint density at radius 1 is 1.12 bits per heavy atom. The monoisotopic (exact) mass is 349 g/mol. The standard InChI is InChI=1S/C20H23N5O/c1-24(2)15-17-9-6-10-18(23-17)19-21-13-14-25(19)20(26)22-12-11-16-7-4-3-5-8-16/h3-10,13-14H,11-12,15H2,1-2H3,(H,22,26). The molecule has 26 heavy (non-hydrogen) atoms. The van der Waals surface area contributed by atoms with E-state index >= 15 is 0 Å². The van der Waals surface area contributed by atoms with Crippen LogP contribution in [0, 0.1) is 0 Å². The number of nitrogens with one attached hydrogen (secondary N) is 1. The molecule has 1 aromatic carbocycles. The summed E-state index contributed by atoms with van der Waals surface area (Å²) in [7, 11) is 3.99. The van der Waals surface area contributed by atoms with Gasteiger partial charge in [-0.1, -0.05) is 36.4 Å². The number of pyridine rings is 1. The maximum atomic E-state index is 12.5. The highest BCUT2D eigenvalue weighted by Crippen LogP contribution is 2.15. The van der Waals surface area contributed by atoms with E-state index in [4.69, 9.17) is 0 Å². The van der Waals surface area contributed by atoms with Crippen LogP contribution in [0.3, 0.4) is 0 Å². The molecule has 0 atom stereocenters. The van der Waals surface area contributed by atoms with Gasteiger partial charge in [0.25, 0.3) is 0 Å². The molecule has 0 saturated heterocycles. The highest BCUT2D eigenvalue weighted by molar-refractivity contribution is 5.80. The molecular weight excluding hydrogens is 326 g/mol. The molecule has 134 valence electrons. The number of hydrogen-bond donors (Lipinski definition) is 1. The lowest BCUT2D eigenvalue weighted by Gasteiger charge is -2.11. The zero-order valence-corrected chi connectivity index (χ0v) is 15.1. The van der Waals surface area contributed by atoms with Crippen LogP contribution in [0.1, 0.15) is 11.3 Å². The van der Waals surface area contributed by atoms with Gasteiger partial charge in [0.15, 0.2) is 5.82 Å². The third-order valence-electron chi connectivity index (χ3n) is 3.91. The molecule has 0 radical (unpaired) electrons. The van der Waals surface area contributed by atoms with Crippen molar-refractivity contribution in [3.8, 4) is 11.5 Å². The molecule has 2 aromatic heterocycles. The smallest absolute Gasteiger partial charge is 0.327 e. The molecule has 0 aliphatic carbocycles. The summed E-state index contributed by atoms with van der Waals surface area (Å²) >= 11 is 0. The molecule has 0 aliphatic heterocycles. The van der Waals surface area contributed by atoms with Crippen LogP contribution < -0.4 is 5.32 Å². The van der Waals surface area contributed by atoms with E-state index in [1.165, 1.54) is 10.1 Å². The summed E-state index contributed by atoms with van der Waals surface area (Å²) in [5.41, 5.74) is 2.82. The van der Waals surface area contributed by atoms with E-state index in [0.717, 1.165) is 18.7 Å². The van der Waals surface area contributed by atoms with Gasteiger partial charge in [0, 0.05) is 25.5 Å². The molecule has 1 N–H and O–H groups in total. The van der Waals surface area contributed by atoms with E-state index in [9.17, 15) is 4.79 Å². The molecule has 0 saturated carbocycles. The maximum Gasteiger partial charge on any atom is 0.327 e. The van der Waals surface area contributed by atoms with Gasteiger partial charge in [-0.2, -0.15) is 0 Å². The first kappa shape index (κ1) is 17.8. The Labute approximate surface area is 153 Å². The second-order valence-electron chi connectivity index (χ2n) is 6.34. The number of nitrogens with zero attached hydrogens (tertiary/aromatic N) is 4. The van der Waals surface area contributed by atoms with Gasteiger partial charge >= 0.3 is 6.03 Å². The second-order valence-corrected chi connectivity index (χ2v) is 6.34. The summed E-state index contributed by atoms with van der Waals surface area (Å²) < 4.78 is 1.51. The molecule has 6 nitrogen and oxygen atoms in total. The Bertz CT molecular complexity index is 857. The molecule has 6 heteroatoms. The number of carbonyl (C=O) groups excluding carboxylic acids is 1. The topological polar surface area (TPSA) is 63.1 Å². The van der Waals surface area contributed by atoms with Gasteiger partial charge in [-0.3, -0.25) is 4.57 Å². The zero-order chi connectivity index (χ0) is 18.4. The summed E-state index contributed by atoms with van der Waals surface area (Å²) in [6.45, 7) is 1.30. The predicted octanol–water partition coefficient (Wildman–Crippen LogP) is 2.81. The molecular formula is C20H23N5O. The van der Waals surface area contributed by atoms with Gasteiger partial charge in [-0.05, 0) is 38.2 Å². The Kier molecular flexibility index (Phi) is 5.76. The maximum absolute atomic E-state index is 12.5. The molecule has 3 aromatic rings. The molecule has 1 amide bonds. The van der Waals surface area contributed by atoms with E-state index in [1.54, 1.807) is 12.4 Å². The van der Waals surface area contributed by atoms with Gasteiger partial charge < -0.3 is 10.2 Å². The van der Waals surface area contributed by atoms with E-state index in [1.807, 2.05) is 50.5 Å². The molecule has 0 bridgehead atoms. The second kappa shape index (κ2) is 8.40. The fourth-order valence-corrected chi connectivity index (χ4v) is 2.72. The summed E-state index contributed by atoms with van der Waals surface area (Å²) in [6, 6.07) is 15.7. The highest BCUT2D eigenvalue weighted by atomic mass is 16.2. The third-order valence-corrected chi connectivity index (χ3v) is 3.91. The Morgan fingerprint density at radius 2 is 1.92 bits per heavy atom. The van der Waals surface area contributed by atoms with Crippen LogP contribution in [-0.2, 0) is 13.0 Å². The molecule has 0 unspecified atom stereocenters. The Morgan fingerprint density at radius 3 is 2.69 bits per heavy atom. The summed E-state index contributed by atoms with van der Waals surface area (Å²) in [6.07, 6.45) is 4.06. The normalized spacial score (nSPS) is 10.9. The number of hydrogen-bond acceptors (Lipinski definition) is 4. The van der Waals surface area contributed by atoms with Crippen LogP contribution in [0.15, 0.2) is 60.9 Å². The van der Waals surface area contributed by atoms with Crippen molar-refractivity contribution in [2.45, 2.75) is 13.0 Å². The summed E-state index contributed by atoms with van der Waals surface area (Å²) in [5, 5.41) is 2.94.